The topological polar surface area (TPSA) is 100 Å². The first kappa shape index (κ1) is 21.9. The number of benzene rings is 1. The lowest BCUT2D eigenvalue weighted by atomic mass is 10.0. The van der Waals surface area contributed by atoms with E-state index < -0.39 is 18.2 Å². The fourth-order valence-corrected chi connectivity index (χ4v) is 2.85. The van der Waals surface area contributed by atoms with Gasteiger partial charge in [0.1, 0.15) is 11.9 Å². The summed E-state index contributed by atoms with van der Waals surface area (Å²) in [5.41, 5.74) is 0.964. The average molecular weight is 391 g/mol. The van der Waals surface area contributed by atoms with Crippen LogP contribution in [0.1, 0.15) is 12.0 Å². The lowest BCUT2D eigenvalue weighted by molar-refractivity contribution is -0.128. The molecule has 8 nitrogen and oxygen atoms in total. The molecule has 1 aromatic carbocycles. The van der Waals surface area contributed by atoms with Crippen LogP contribution in [-0.2, 0) is 20.9 Å². The van der Waals surface area contributed by atoms with Crippen LogP contribution in [0.5, 0.6) is 5.75 Å². The molecule has 2 amide bonds. The van der Waals surface area contributed by atoms with Gasteiger partial charge in [0.15, 0.2) is 0 Å². The van der Waals surface area contributed by atoms with Crippen molar-refractivity contribution in [3.63, 3.8) is 0 Å². The molecule has 0 fully saturated rings. The van der Waals surface area contributed by atoms with E-state index in [1.165, 1.54) is 0 Å². The zero-order chi connectivity index (χ0) is 20.5. The van der Waals surface area contributed by atoms with Crippen LogP contribution >= 0.6 is 0 Å². The van der Waals surface area contributed by atoms with Gasteiger partial charge >= 0.3 is 0 Å². The van der Waals surface area contributed by atoms with E-state index in [4.69, 9.17) is 9.47 Å². The Hall–Kier alpha value is -2.42. The van der Waals surface area contributed by atoms with Gasteiger partial charge in [0.05, 0.1) is 38.8 Å². The van der Waals surface area contributed by atoms with Crippen LogP contribution in [0.3, 0.4) is 0 Å². The highest BCUT2D eigenvalue weighted by Crippen LogP contribution is 2.16. The Morgan fingerprint density at radius 2 is 1.89 bits per heavy atom. The molecule has 1 heterocycles. The van der Waals surface area contributed by atoms with E-state index in [1.807, 2.05) is 24.3 Å². The number of nitrogens with one attached hydrogen (secondary N) is 2. The predicted octanol–water partition coefficient (Wildman–Crippen LogP) is 0.0638. The number of hydrogen-bond acceptors (Lipinski definition) is 6. The molecule has 2 rings (SSSR count). The van der Waals surface area contributed by atoms with E-state index in [0.29, 0.717) is 6.54 Å². The van der Waals surface area contributed by atoms with E-state index >= 15 is 0 Å². The summed E-state index contributed by atoms with van der Waals surface area (Å²) in [4.78, 5) is 25.9. The smallest absolute Gasteiger partial charge is 0.234 e. The number of rotatable bonds is 9. The van der Waals surface area contributed by atoms with Gasteiger partial charge in [-0.3, -0.25) is 9.59 Å². The Kier molecular flexibility index (Phi) is 8.43. The lowest BCUT2D eigenvalue weighted by Gasteiger charge is -2.32. The predicted molar refractivity (Wildman–Crippen MR) is 105 cm³/mol. The number of hydrogen-bond donors (Lipinski definition) is 3. The second-order valence-electron chi connectivity index (χ2n) is 6.94. The molecule has 28 heavy (non-hydrogen) atoms. The van der Waals surface area contributed by atoms with Crippen LogP contribution in [-0.4, -0.2) is 74.4 Å². The van der Waals surface area contributed by atoms with Crippen molar-refractivity contribution in [3.8, 4) is 5.75 Å². The van der Waals surface area contributed by atoms with Crippen LogP contribution in [0.4, 0.5) is 0 Å². The molecule has 0 spiro atoms. The lowest BCUT2D eigenvalue weighted by Crippen LogP contribution is -2.50. The number of likely N-dealkylation sites (N-methyl/N-ethyl adjacent to an activating group) is 1. The summed E-state index contributed by atoms with van der Waals surface area (Å²) in [6.07, 6.45) is 2.63. The summed E-state index contributed by atoms with van der Waals surface area (Å²) >= 11 is 0. The van der Waals surface area contributed by atoms with Crippen molar-refractivity contribution in [3.05, 3.63) is 42.0 Å². The Morgan fingerprint density at radius 3 is 2.50 bits per heavy atom. The Balaban J connectivity index is 1.82. The van der Waals surface area contributed by atoms with Crippen molar-refractivity contribution in [2.45, 2.75) is 31.2 Å². The second-order valence-corrected chi connectivity index (χ2v) is 6.94. The van der Waals surface area contributed by atoms with Crippen molar-refractivity contribution in [2.75, 3.05) is 34.4 Å². The van der Waals surface area contributed by atoms with Crippen molar-refractivity contribution in [1.29, 1.82) is 0 Å². The molecule has 8 heteroatoms. The molecular formula is C20H29N3O5. The van der Waals surface area contributed by atoms with E-state index in [-0.39, 0.29) is 31.4 Å². The number of aliphatic hydroxyl groups is 1. The van der Waals surface area contributed by atoms with E-state index in [9.17, 15) is 14.7 Å². The largest absolute Gasteiger partial charge is 0.497 e. The molecule has 0 aromatic heterocycles. The van der Waals surface area contributed by atoms with Crippen LogP contribution < -0.4 is 15.4 Å². The molecule has 3 atom stereocenters. The molecule has 0 radical (unpaired) electrons. The Labute approximate surface area is 165 Å². The zero-order valence-corrected chi connectivity index (χ0v) is 16.6. The number of nitrogens with zero attached hydrogens (tertiary/aromatic N) is 1. The summed E-state index contributed by atoms with van der Waals surface area (Å²) in [5.74, 6) is 0.452. The van der Waals surface area contributed by atoms with Gasteiger partial charge in [-0.05, 0) is 31.8 Å². The number of carbonyl (C=O) groups is 2. The monoisotopic (exact) mass is 391 g/mol. The Morgan fingerprint density at radius 1 is 1.18 bits per heavy atom. The fourth-order valence-electron chi connectivity index (χ4n) is 2.85. The first-order chi connectivity index (χ1) is 13.4. The van der Waals surface area contributed by atoms with Crippen LogP contribution in [0.15, 0.2) is 36.4 Å². The summed E-state index contributed by atoms with van der Waals surface area (Å²) in [6.45, 7) is 0.410. The molecule has 3 N–H and O–H groups in total. The molecule has 0 saturated heterocycles. The minimum Gasteiger partial charge on any atom is -0.497 e. The van der Waals surface area contributed by atoms with Gasteiger partial charge in [-0.2, -0.15) is 0 Å². The molecule has 1 aliphatic rings. The SMILES string of the molecule is COc1ccc(CNC(=O)C[C@H]2C=C[C@@H](NC(=O)CN(C)C)[C@H](CO)O2)cc1. The third-order valence-corrected chi connectivity index (χ3v) is 4.29. The van der Waals surface area contributed by atoms with E-state index in [1.54, 1.807) is 38.3 Å². The van der Waals surface area contributed by atoms with E-state index in [2.05, 4.69) is 10.6 Å². The highest BCUT2D eigenvalue weighted by Gasteiger charge is 2.29. The summed E-state index contributed by atoms with van der Waals surface area (Å²) in [7, 11) is 5.21. The Bertz CT molecular complexity index is 675. The summed E-state index contributed by atoms with van der Waals surface area (Å²) < 4.78 is 10.9. The quantitative estimate of drug-likeness (QED) is 0.515. The number of amides is 2. The molecule has 0 unspecified atom stereocenters. The third-order valence-electron chi connectivity index (χ3n) is 4.29. The van der Waals surface area contributed by atoms with Gasteiger partial charge < -0.3 is 30.1 Å². The number of methoxy groups -OCH3 is 1. The first-order valence-corrected chi connectivity index (χ1v) is 9.19. The summed E-state index contributed by atoms with van der Waals surface area (Å²) in [6, 6.07) is 7.03. The minimum absolute atomic E-state index is 0.140. The van der Waals surface area contributed by atoms with Crippen LogP contribution in [0.25, 0.3) is 0 Å². The minimum atomic E-state index is -0.587. The van der Waals surface area contributed by atoms with Gasteiger partial charge in [-0.1, -0.05) is 24.3 Å². The number of aliphatic hydroxyl groups excluding tert-OH is 1. The van der Waals surface area contributed by atoms with Gasteiger partial charge in [-0.25, -0.2) is 0 Å². The maximum atomic E-state index is 12.2. The van der Waals surface area contributed by atoms with Crippen molar-refractivity contribution < 1.29 is 24.2 Å². The normalized spacial score (nSPS) is 21.4. The highest BCUT2D eigenvalue weighted by molar-refractivity contribution is 5.79. The van der Waals surface area contributed by atoms with Crippen LogP contribution in [0, 0.1) is 0 Å². The van der Waals surface area contributed by atoms with Gasteiger partial charge in [0.2, 0.25) is 11.8 Å². The second kappa shape index (κ2) is 10.8. The molecule has 0 saturated carbocycles. The molecule has 0 bridgehead atoms. The third kappa shape index (κ3) is 6.95. The fraction of sp³-hybridized carbons (Fsp3) is 0.500. The number of carbonyl (C=O) groups excluding carboxylic acids is 2. The van der Waals surface area contributed by atoms with Crippen molar-refractivity contribution >= 4 is 11.8 Å². The molecule has 1 aliphatic heterocycles. The highest BCUT2D eigenvalue weighted by atomic mass is 16.5. The van der Waals surface area contributed by atoms with Crippen molar-refractivity contribution in [2.24, 2.45) is 0 Å². The van der Waals surface area contributed by atoms with Gasteiger partial charge in [0, 0.05) is 6.54 Å². The molecule has 0 aliphatic carbocycles. The molecule has 1 aromatic rings. The van der Waals surface area contributed by atoms with Gasteiger partial charge in [0.25, 0.3) is 0 Å². The zero-order valence-electron chi connectivity index (χ0n) is 16.6. The molecule has 154 valence electrons. The standard InChI is InChI=1S/C20H29N3O5/c1-23(2)12-20(26)22-17-9-8-16(28-18(17)13-24)10-19(25)21-11-14-4-6-15(27-3)7-5-14/h4-9,16-18,24H,10-13H2,1-3H3,(H,21,25)(H,22,26)/t16-,17-,18+/m1/s1. The first-order valence-electron chi connectivity index (χ1n) is 9.19. The summed E-state index contributed by atoms with van der Waals surface area (Å²) in [5, 5.41) is 15.2. The van der Waals surface area contributed by atoms with E-state index in [0.717, 1.165) is 11.3 Å². The van der Waals surface area contributed by atoms with Gasteiger partial charge in [-0.15, -0.1) is 0 Å². The maximum Gasteiger partial charge on any atom is 0.234 e. The maximum absolute atomic E-state index is 12.2. The van der Waals surface area contributed by atoms with Crippen LogP contribution in [0.2, 0.25) is 0 Å². The number of ether oxygens (including phenoxy) is 2. The average Bonchev–Trinajstić information content (AvgIpc) is 2.67. The molecular weight excluding hydrogens is 362 g/mol. The van der Waals surface area contributed by atoms with Crippen molar-refractivity contribution in [1.82, 2.24) is 15.5 Å².